The fourth-order valence-electron chi connectivity index (χ4n) is 2.92. The van der Waals surface area contributed by atoms with Gasteiger partial charge in [-0.05, 0) is 38.2 Å². The monoisotopic (exact) mass is 323 g/mol. The van der Waals surface area contributed by atoms with E-state index in [9.17, 15) is 9.59 Å². The number of nitrogens with one attached hydrogen (secondary N) is 1. The Hall–Kier alpha value is -1.36. The molecule has 1 heterocycles. The van der Waals surface area contributed by atoms with E-state index in [2.05, 4.69) is 12.2 Å². The second kappa shape index (κ2) is 8.32. The summed E-state index contributed by atoms with van der Waals surface area (Å²) < 4.78 is 5.09. The van der Waals surface area contributed by atoms with E-state index in [0.717, 1.165) is 30.6 Å². The molecular formula is C17H25NO3S. The van der Waals surface area contributed by atoms with Crippen molar-refractivity contribution in [2.75, 3.05) is 11.9 Å². The van der Waals surface area contributed by atoms with Gasteiger partial charge in [-0.15, -0.1) is 11.3 Å². The van der Waals surface area contributed by atoms with E-state index >= 15 is 0 Å². The summed E-state index contributed by atoms with van der Waals surface area (Å²) >= 11 is 1.49. The molecule has 1 fully saturated rings. The maximum Gasteiger partial charge on any atom is 0.341 e. The maximum absolute atomic E-state index is 12.2. The van der Waals surface area contributed by atoms with Crippen LogP contribution in [0.4, 0.5) is 5.00 Å². The van der Waals surface area contributed by atoms with Crippen molar-refractivity contribution in [3.8, 4) is 0 Å². The van der Waals surface area contributed by atoms with Crippen molar-refractivity contribution in [2.24, 2.45) is 5.92 Å². The molecule has 0 bridgehead atoms. The van der Waals surface area contributed by atoms with Crippen molar-refractivity contribution in [3.05, 3.63) is 16.5 Å². The highest BCUT2D eigenvalue weighted by atomic mass is 32.1. The average Bonchev–Trinajstić information content (AvgIpc) is 3.09. The molecule has 1 N–H and O–H groups in total. The fourth-order valence-corrected chi connectivity index (χ4v) is 4.08. The summed E-state index contributed by atoms with van der Waals surface area (Å²) in [7, 11) is 0. The van der Waals surface area contributed by atoms with Crippen LogP contribution in [0.2, 0.25) is 0 Å². The Labute approximate surface area is 136 Å². The number of hydrogen-bond donors (Lipinski definition) is 1. The zero-order valence-corrected chi connectivity index (χ0v) is 14.3. The number of rotatable bonds is 7. The first-order valence-electron chi connectivity index (χ1n) is 8.23. The third kappa shape index (κ3) is 4.57. The third-order valence-corrected chi connectivity index (χ3v) is 5.09. The number of hydrogen-bond acceptors (Lipinski definition) is 4. The van der Waals surface area contributed by atoms with Crippen LogP contribution >= 0.6 is 11.3 Å². The Kier molecular flexibility index (Phi) is 6.43. The minimum absolute atomic E-state index is 0.0161. The minimum Gasteiger partial charge on any atom is -0.462 e. The number of esters is 1. The summed E-state index contributed by atoms with van der Waals surface area (Å²) in [5, 5.41) is 3.58. The van der Waals surface area contributed by atoms with Crippen LogP contribution in [0.15, 0.2) is 6.07 Å². The summed E-state index contributed by atoms with van der Waals surface area (Å²) in [6.45, 7) is 4.23. The lowest BCUT2D eigenvalue weighted by atomic mass is 10.0. The van der Waals surface area contributed by atoms with Crippen molar-refractivity contribution in [2.45, 2.75) is 58.8 Å². The zero-order chi connectivity index (χ0) is 15.9. The highest BCUT2D eigenvalue weighted by Gasteiger charge is 2.22. The molecule has 5 heteroatoms. The molecule has 0 aliphatic heterocycles. The van der Waals surface area contributed by atoms with Crippen molar-refractivity contribution in [1.82, 2.24) is 0 Å². The Morgan fingerprint density at radius 2 is 2.05 bits per heavy atom. The minimum atomic E-state index is -0.350. The Morgan fingerprint density at radius 3 is 2.68 bits per heavy atom. The van der Waals surface area contributed by atoms with Gasteiger partial charge < -0.3 is 10.1 Å². The Morgan fingerprint density at radius 1 is 1.32 bits per heavy atom. The van der Waals surface area contributed by atoms with Crippen LogP contribution in [0.1, 0.15) is 67.6 Å². The van der Waals surface area contributed by atoms with Gasteiger partial charge in [0.05, 0.1) is 12.2 Å². The second-order valence-electron chi connectivity index (χ2n) is 5.83. The Bertz CT molecular complexity index is 518. The molecule has 0 unspecified atom stereocenters. The fraction of sp³-hybridized carbons (Fsp3) is 0.647. The molecule has 1 aromatic heterocycles. The summed E-state index contributed by atoms with van der Waals surface area (Å²) in [6.07, 6.45) is 7.22. The van der Waals surface area contributed by atoms with E-state index in [4.69, 9.17) is 4.74 Å². The molecule has 0 aromatic carbocycles. The standard InChI is InChI=1S/C17H25NO3S/c1-3-7-13-11-14(17(20)21-4-2)16(22-13)18-15(19)10-12-8-5-6-9-12/h11-12H,3-10H2,1-2H3,(H,18,19). The largest absolute Gasteiger partial charge is 0.462 e. The molecule has 2 rings (SSSR count). The zero-order valence-electron chi connectivity index (χ0n) is 13.4. The predicted molar refractivity (Wildman–Crippen MR) is 89.5 cm³/mol. The number of carbonyl (C=O) groups is 2. The summed E-state index contributed by atoms with van der Waals surface area (Å²) in [6, 6.07) is 1.86. The van der Waals surface area contributed by atoms with Gasteiger partial charge in [-0.3, -0.25) is 4.79 Å². The summed E-state index contributed by atoms with van der Waals surface area (Å²) in [4.78, 5) is 25.4. The van der Waals surface area contributed by atoms with E-state index in [1.54, 1.807) is 6.92 Å². The van der Waals surface area contributed by atoms with E-state index in [1.807, 2.05) is 6.07 Å². The van der Waals surface area contributed by atoms with E-state index in [-0.39, 0.29) is 11.9 Å². The predicted octanol–water partition coefficient (Wildman–Crippen LogP) is 4.40. The quantitative estimate of drug-likeness (QED) is 0.757. The first-order chi connectivity index (χ1) is 10.6. The smallest absolute Gasteiger partial charge is 0.341 e. The molecule has 1 aliphatic carbocycles. The van der Waals surface area contributed by atoms with Crippen molar-refractivity contribution < 1.29 is 14.3 Å². The molecule has 1 aromatic rings. The number of anilines is 1. The van der Waals surface area contributed by atoms with Gasteiger partial charge in [0.1, 0.15) is 5.00 Å². The van der Waals surface area contributed by atoms with Crippen LogP contribution in [0.25, 0.3) is 0 Å². The van der Waals surface area contributed by atoms with Crippen molar-refractivity contribution >= 4 is 28.2 Å². The lowest BCUT2D eigenvalue weighted by molar-refractivity contribution is -0.117. The number of amides is 1. The molecule has 0 atom stereocenters. The van der Waals surface area contributed by atoms with Crippen LogP contribution in [0.3, 0.4) is 0 Å². The SMILES string of the molecule is CCCc1cc(C(=O)OCC)c(NC(=O)CC2CCCC2)s1. The first-order valence-corrected chi connectivity index (χ1v) is 9.05. The molecule has 0 saturated heterocycles. The van der Waals surface area contributed by atoms with Gasteiger partial charge in [0.25, 0.3) is 0 Å². The van der Waals surface area contributed by atoms with E-state index in [1.165, 1.54) is 24.2 Å². The highest BCUT2D eigenvalue weighted by molar-refractivity contribution is 7.16. The van der Waals surface area contributed by atoms with E-state index < -0.39 is 0 Å². The van der Waals surface area contributed by atoms with Gasteiger partial charge in [0.2, 0.25) is 5.91 Å². The molecular weight excluding hydrogens is 298 g/mol. The molecule has 1 amide bonds. The number of carbonyl (C=O) groups excluding carboxylic acids is 2. The van der Waals surface area contributed by atoms with Crippen LogP contribution in [-0.2, 0) is 16.0 Å². The molecule has 0 spiro atoms. The lowest BCUT2D eigenvalue weighted by Crippen LogP contribution is -2.16. The van der Waals surface area contributed by atoms with Gasteiger partial charge in [-0.25, -0.2) is 4.79 Å². The first kappa shape index (κ1) is 17.0. The van der Waals surface area contributed by atoms with Crippen LogP contribution in [-0.4, -0.2) is 18.5 Å². The van der Waals surface area contributed by atoms with E-state index in [0.29, 0.717) is 29.5 Å². The van der Waals surface area contributed by atoms with Gasteiger partial charge >= 0.3 is 5.97 Å². The molecule has 1 saturated carbocycles. The van der Waals surface area contributed by atoms with Crippen LogP contribution < -0.4 is 5.32 Å². The summed E-state index contributed by atoms with van der Waals surface area (Å²) in [5.41, 5.74) is 0.495. The lowest BCUT2D eigenvalue weighted by Gasteiger charge is -2.09. The normalized spacial score (nSPS) is 15.0. The highest BCUT2D eigenvalue weighted by Crippen LogP contribution is 2.32. The second-order valence-corrected chi connectivity index (χ2v) is 6.97. The Balaban J connectivity index is 2.06. The molecule has 22 heavy (non-hydrogen) atoms. The number of thiophene rings is 1. The molecule has 0 radical (unpaired) electrons. The molecule has 122 valence electrons. The van der Waals surface area contributed by atoms with Crippen LogP contribution in [0, 0.1) is 5.92 Å². The molecule has 4 nitrogen and oxygen atoms in total. The van der Waals surface area contributed by atoms with Gasteiger partial charge in [0, 0.05) is 11.3 Å². The molecule has 1 aliphatic rings. The average molecular weight is 323 g/mol. The van der Waals surface area contributed by atoms with Crippen LogP contribution in [0.5, 0.6) is 0 Å². The van der Waals surface area contributed by atoms with Crippen molar-refractivity contribution in [3.63, 3.8) is 0 Å². The topological polar surface area (TPSA) is 55.4 Å². The third-order valence-electron chi connectivity index (χ3n) is 3.98. The van der Waals surface area contributed by atoms with Crippen molar-refractivity contribution in [1.29, 1.82) is 0 Å². The van der Waals surface area contributed by atoms with Gasteiger partial charge in [0.15, 0.2) is 0 Å². The number of aryl methyl sites for hydroxylation is 1. The number of ether oxygens (including phenoxy) is 1. The maximum atomic E-state index is 12.2. The van der Waals surface area contributed by atoms with Gasteiger partial charge in [-0.1, -0.05) is 26.2 Å². The summed E-state index contributed by atoms with van der Waals surface area (Å²) in [5.74, 6) is 0.167. The van der Waals surface area contributed by atoms with Gasteiger partial charge in [-0.2, -0.15) is 0 Å².